The van der Waals surface area contributed by atoms with Crippen LogP contribution in [0.15, 0.2) is 34.7 Å². The van der Waals surface area contributed by atoms with Gasteiger partial charge in [-0.25, -0.2) is 9.78 Å². The molecule has 2 heterocycles. The quantitative estimate of drug-likeness (QED) is 0.869. The number of benzene rings is 1. The molecule has 0 unspecified atom stereocenters. The van der Waals surface area contributed by atoms with E-state index in [1.165, 1.54) is 0 Å². The second-order valence-electron chi connectivity index (χ2n) is 4.95. The highest BCUT2D eigenvalue weighted by atomic mass is 16.6. The van der Waals surface area contributed by atoms with Crippen LogP contribution in [0.3, 0.4) is 0 Å². The van der Waals surface area contributed by atoms with E-state index in [0.29, 0.717) is 37.8 Å². The molecule has 1 aliphatic rings. The average Bonchev–Trinajstić information content (AvgIpc) is 2.96. The van der Waals surface area contributed by atoms with Crippen LogP contribution in [-0.4, -0.2) is 29.1 Å². The first-order valence-corrected chi connectivity index (χ1v) is 7.33. The molecule has 0 saturated heterocycles. The monoisotopic (exact) mass is 302 g/mol. The summed E-state index contributed by atoms with van der Waals surface area (Å²) in [5.74, 6) is 2.01. The Labute approximate surface area is 128 Å². The molecular weight excluding hydrogens is 284 g/mol. The molecule has 1 aliphatic heterocycles. The van der Waals surface area contributed by atoms with Crippen molar-refractivity contribution in [3.05, 3.63) is 47.7 Å². The highest BCUT2D eigenvalue weighted by Gasteiger charge is 2.26. The average molecular weight is 302 g/mol. The first-order valence-electron chi connectivity index (χ1n) is 7.33. The molecule has 0 aliphatic carbocycles. The van der Waals surface area contributed by atoms with Crippen LogP contribution in [0.5, 0.6) is 5.75 Å². The first kappa shape index (κ1) is 14.4. The molecule has 116 valence electrons. The molecule has 0 atom stereocenters. The maximum atomic E-state index is 11.7. The summed E-state index contributed by atoms with van der Waals surface area (Å²) < 4.78 is 16.3. The van der Waals surface area contributed by atoms with Crippen molar-refractivity contribution >= 4 is 6.09 Å². The van der Waals surface area contributed by atoms with Gasteiger partial charge in [0.1, 0.15) is 11.5 Å². The Balaban J connectivity index is 1.62. The minimum Gasteiger partial charge on any atom is -0.484 e. The van der Waals surface area contributed by atoms with Crippen LogP contribution in [0.25, 0.3) is 0 Å². The Morgan fingerprint density at radius 3 is 2.95 bits per heavy atom. The number of fused-ring (bicyclic) bond motifs is 1. The maximum absolute atomic E-state index is 11.7. The molecule has 6 heteroatoms. The van der Waals surface area contributed by atoms with E-state index in [0.717, 1.165) is 11.4 Å². The fourth-order valence-corrected chi connectivity index (χ4v) is 2.34. The van der Waals surface area contributed by atoms with Crippen LogP contribution in [0.1, 0.15) is 24.3 Å². The van der Waals surface area contributed by atoms with Crippen molar-refractivity contribution in [2.45, 2.75) is 26.5 Å². The molecule has 1 aromatic carbocycles. The zero-order valence-electron chi connectivity index (χ0n) is 12.4. The lowest BCUT2D eigenvalue weighted by atomic mass is 10.2. The van der Waals surface area contributed by atoms with E-state index < -0.39 is 0 Å². The first-order chi connectivity index (χ1) is 10.8. The van der Waals surface area contributed by atoms with Gasteiger partial charge in [-0.2, -0.15) is 0 Å². The van der Waals surface area contributed by atoms with E-state index >= 15 is 0 Å². The van der Waals surface area contributed by atoms with Gasteiger partial charge < -0.3 is 18.8 Å². The number of carbonyl (C=O) groups excluding carboxylic acids is 1. The van der Waals surface area contributed by atoms with Gasteiger partial charge in [0, 0.05) is 13.0 Å². The van der Waals surface area contributed by atoms with Gasteiger partial charge in [-0.1, -0.05) is 18.2 Å². The lowest BCUT2D eigenvalue weighted by Crippen LogP contribution is -2.36. The molecule has 0 fully saturated rings. The van der Waals surface area contributed by atoms with Gasteiger partial charge in [-0.3, -0.25) is 0 Å². The van der Waals surface area contributed by atoms with Gasteiger partial charge in [0.2, 0.25) is 5.89 Å². The summed E-state index contributed by atoms with van der Waals surface area (Å²) in [5, 5.41) is 0. The molecule has 1 aromatic heterocycles. The van der Waals surface area contributed by atoms with E-state index in [2.05, 4.69) is 4.98 Å². The number of para-hydroxylation sites is 1. The molecule has 22 heavy (non-hydrogen) atoms. The normalized spacial score (nSPS) is 13.6. The van der Waals surface area contributed by atoms with Crippen molar-refractivity contribution in [3.63, 3.8) is 0 Å². The van der Waals surface area contributed by atoms with Gasteiger partial charge in [-0.15, -0.1) is 0 Å². The number of nitrogens with zero attached hydrogens (tertiary/aromatic N) is 2. The number of ether oxygens (including phenoxy) is 2. The van der Waals surface area contributed by atoms with Gasteiger partial charge in [0.05, 0.1) is 18.8 Å². The summed E-state index contributed by atoms with van der Waals surface area (Å²) in [6.07, 6.45) is 0.356. The van der Waals surface area contributed by atoms with E-state index in [4.69, 9.17) is 13.9 Å². The Morgan fingerprint density at radius 2 is 2.18 bits per heavy atom. The lowest BCUT2D eigenvalue weighted by molar-refractivity contribution is 0.0985. The Bertz CT molecular complexity index is 639. The molecule has 0 saturated carbocycles. The van der Waals surface area contributed by atoms with Crippen molar-refractivity contribution in [2.75, 3.05) is 13.2 Å². The van der Waals surface area contributed by atoms with Crippen LogP contribution >= 0.6 is 0 Å². The van der Waals surface area contributed by atoms with Gasteiger partial charge in [-0.05, 0) is 19.1 Å². The fourth-order valence-electron chi connectivity index (χ4n) is 2.34. The predicted molar refractivity (Wildman–Crippen MR) is 78.4 cm³/mol. The third-order valence-electron chi connectivity index (χ3n) is 3.41. The SMILES string of the molecule is CCOC(=O)N1CCc2nc(COc3ccccc3)oc2C1. The predicted octanol–water partition coefficient (Wildman–Crippen LogP) is 2.77. The third-order valence-corrected chi connectivity index (χ3v) is 3.41. The lowest BCUT2D eigenvalue weighted by Gasteiger charge is -2.24. The summed E-state index contributed by atoms with van der Waals surface area (Å²) in [6, 6.07) is 9.51. The second-order valence-corrected chi connectivity index (χ2v) is 4.95. The number of amides is 1. The zero-order chi connectivity index (χ0) is 15.4. The summed E-state index contributed by atoms with van der Waals surface area (Å²) in [6.45, 7) is 3.43. The minimum absolute atomic E-state index is 0.274. The zero-order valence-corrected chi connectivity index (χ0v) is 12.4. The minimum atomic E-state index is -0.313. The molecule has 6 nitrogen and oxygen atoms in total. The molecule has 0 bridgehead atoms. The molecular formula is C16H18N2O4. The fraction of sp³-hybridized carbons (Fsp3) is 0.375. The van der Waals surface area contributed by atoms with E-state index in [1.807, 2.05) is 30.3 Å². The highest BCUT2D eigenvalue weighted by molar-refractivity contribution is 5.67. The summed E-state index contributed by atoms with van der Waals surface area (Å²) in [5.41, 5.74) is 0.896. The largest absolute Gasteiger partial charge is 0.484 e. The standard InChI is InChI=1S/C16H18N2O4/c1-2-20-16(19)18-9-8-13-14(10-18)22-15(17-13)11-21-12-6-4-3-5-7-12/h3-7H,2,8-11H2,1H3. The van der Waals surface area contributed by atoms with Crippen LogP contribution in [0.4, 0.5) is 4.79 Å². The van der Waals surface area contributed by atoms with Crippen molar-refractivity contribution in [2.24, 2.45) is 0 Å². The Kier molecular flexibility index (Phi) is 4.27. The maximum Gasteiger partial charge on any atom is 0.410 e. The number of hydrogen-bond donors (Lipinski definition) is 0. The van der Waals surface area contributed by atoms with Crippen molar-refractivity contribution in [1.29, 1.82) is 0 Å². The third kappa shape index (κ3) is 3.21. The van der Waals surface area contributed by atoms with Crippen LogP contribution in [-0.2, 0) is 24.3 Å². The molecule has 0 N–H and O–H groups in total. The Morgan fingerprint density at radius 1 is 1.36 bits per heavy atom. The number of rotatable bonds is 4. The Hall–Kier alpha value is -2.50. The number of oxazole rings is 1. The smallest absolute Gasteiger partial charge is 0.410 e. The number of aromatic nitrogens is 1. The number of hydrogen-bond acceptors (Lipinski definition) is 5. The molecule has 1 amide bonds. The van der Waals surface area contributed by atoms with Gasteiger partial charge in [0.25, 0.3) is 0 Å². The highest BCUT2D eigenvalue weighted by Crippen LogP contribution is 2.21. The van der Waals surface area contributed by atoms with Crippen LogP contribution in [0.2, 0.25) is 0 Å². The van der Waals surface area contributed by atoms with Gasteiger partial charge in [0.15, 0.2) is 6.61 Å². The van der Waals surface area contributed by atoms with Gasteiger partial charge >= 0.3 is 6.09 Å². The van der Waals surface area contributed by atoms with Crippen molar-refractivity contribution < 1.29 is 18.7 Å². The summed E-state index contributed by atoms with van der Waals surface area (Å²) >= 11 is 0. The van der Waals surface area contributed by atoms with Crippen LogP contribution in [0, 0.1) is 0 Å². The van der Waals surface area contributed by atoms with Crippen molar-refractivity contribution in [1.82, 2.24) is 9.88 Å². The molecule has 0 spiro atoms. The van der Waals surface area contributed by atoms with Crippen molar-refractivity contribution in [3.8, 4) is 5.75 Å². The van der Waals surface area contributed by atoms with E-state index in [9.17, 15) is 4.79 Å². The van der Waals surface area contributed by atoms with E-state index in [-0.39, 0.29) is 12.7 Å². The molecule has 3 rings (SSSR count). The second kappa shape index (κ2) is 6.51. The summed E-state index contributed by atoms with van der Waals surface area (Å²) in [4.78, 5) is 17.8. The van der Waals surface area contributed by atoms with E-state index in [1.54, 1.807) is 11.8 Å². The summed E-state index contributed by atoms with van der Waals surface area (Å²) in [7, 11) is 0. The molecule has 0 radical (unpaired) electrons. The van der Waals surface area contributed by atoms with Crippen LogP contribution < -0.4 is 4.74 Å². The topological polar surface area (TPSA) is 64.8 Å². The number of carbonyl (C=O) groups is 1. The molecule has 2 aromatic rings.